The number of carbonyl (C=O) groups excluding carboxylic acids is 1. The van der Waals surface area contributed by atoms with Crippen molar-refractivity contribution < 1.29 is 58.8 Å². The summed E-state index contributed by atoms with van der Waals surface area (Å²) in [4.78, 5) is 25.9. The predicted molar refractivity (Wildman–Crippen MR) is 138 cm³/mol. The van der Waals surface area contributed by atoms with Crippen molar-refractivity contribution >= 4 is 11.9 Å². The standard InChI is InChI=1S/C27H37NO12/c1-4-17-18(7-6-15-10-16(24(33)34)12-28(11-15)8-9-29)19(25(35)36-3)14-38-26(17)40-27-23(37-5-2)22(32)21(31)20(13-30)39-27/h4,6-7,10,12,14,17-18,20-23,26-27,29-32H,1,5,8-9,11,13H2,2-3H3,(H,33,34). The fourth-order valence-electron chi connectivity index (χ4n) is 4.75. The van der Waals surface area contributed by atoms with E-state index in [2.05, 4.69) is 6.58 Å². The lowest BCUT2D eigenvalue weighted by Gasteiger charge is -2.44. The zero-order valence-electron chi connectivity index (χ0n) is 22.4. The first-order valence-electron chi connectivity index (χ1n) is 12.8. The third-order valence-corrected chi connectivity index (χ3v) is 6.76. The van der Waals surface area contributed by atoms with Gasteiger partial charge in [-0.3, -0.25) is 0 Å². The predicted octanol–water partition coefficient (Wildman–Crippen LogP) is -0.562. The van der Waals surface area contributed by atoms with Gasteiger partial charge >= 0.3 is 11.9 Å². The van der Waals surface area contributed by atoms with Crippen LogP contribution in [-0.2, 0) is 33.3 Å². The van der Waals surface area contributed by atoms with Gasteiger partial charge in [-0.2, -0.15) is 0 Å². The third kappa shape index (κ3) is 7.18. The summed E-state index contributed by atoms with van der Waals surface area (Å²) >= 11 is 0. The normalized spacial score (nSPS) is 32.5. The summed E-state index contributed by atoms with van der Waals surface area (Å²) in [7, 11) is 1.22. The number of carboxylic acid groups (broad SMARTS) is 1. The van der Waals surface area contributed by atoms with E-state index in [9.17, 15) is 35.1 Å². The highest BCUT2D eigenvalue weighted by Crippen LogP contribution is 2.36. The highest BCUT2D eigenvalue weighted by molar-refractivity contribution is 5.90. The van der Waals surface area contributed by atoms with E-state index >= 15 is 0 Å². The molecule has 0 spiro atoms. The van der Waals surface area contributed by atoms with Gasteiger partial charge in [0.05, 0.1) is 43.6 Å². The Bertz CT molecular complexity index is 1040. The average Bonchev–Trinajstić information content (AvgIpc) is 2.95. The molecule has 0 amide bonds. The van der Waals surface area contributed by atoms with Crippen molar-refractivity contribution in [2.45, 2.75) is 43.9 Å². The first kappa shape index (κ1) is 31.5. The maximum absolute atomic E-state index is 12.6. The molecule has 0 aromatic heterocycles. The summed E-state index contributed by atoms with van der Waals surface area (Å²) in [6, 6.07) is 0. The number of β-amino-alcohol motifs (C(OH)–C–C–N with tert-alkyl or cyclic N) is 1. The number of aliphatic hydroxyl groups excluding tert-OH is 4. The Balaban J connectivity index is 1.91. The molecular formula is C27H37NO12. The summed E-state index contributed by atoms with van der Waals surface area (Å²) in [6.07, 6.45) is 1.56. The Morgan fingerprint density at radius 1 is 1.23 bits per heavy atom. The number of methoxy groups -OCH3 is 1. The minimum atomic E-state index is -1.42. The summed E-state index contributed by atoms with van der Waals surface area (Å²) in [5.74, 6) is -3.19. The summed E-state index contributed by atoms with van der Waals surface area (Å²) in [5, 5.41) is 49.3. The Hall–Kier alpha value is -3.04. The van der Waals surface area contributed by atoms with Crippen molar-refractivity contribution in [3.63, 3.8) is 0 Å². The van der Waals surface area contributed by atoms with Crippen molar-refractivity contribution in [1.29, 1.82) is 0 Å². The molecule has 0 aliphatic carbocycles. The number of esters is 1. The molecule has 0 bridgehead atoms. The van der Waals surface area contributed by atoms with E-state index in [4.69, 9.17) is 23.7 Å². The van der Waals surface area contributed by atoms with Crippen molar-refractivity contribution in [2.75, 3.05) is 40.0 Å². The second-order valence-corrected chi connectivity index (χ2v) is 9.33. The van der Waals surface area contributed by atoms with Crippen LogP contribution in [0.25, 0.3) is 0 Å². The SMILES string of the molecule is C=CC1C(OC2OC(CO)C(O)C(O)C2OCC)OC=C(C(=O)OC)C1C=CC1=CC(C(=O)O)=CN(CCO)C1. The van der Waals surface area contributed by atoms with Gasteiger partial charge in [0.1, 0.15) is 24.4 Å². The van der Waals surface area contributed by atoms with Gasteiger partial charge in [0.15, 0.2) is 6.29 Å². The fourth-order valence-corrected chi connectivity index (χ4v) is 4.75. The zero-order chi connectivity index (χ0) is 29.4. The van der Waals surface area contributed by atoms with E-state index in [1.807, 2.05) is 0 Å². The molecule has 3 heterocycles. The number of hydrogen-bond acceptors (Lipinski definition) is 12. The fraction of sp³-hybridized carbons (Fsp3) is 0.556. The van der Waals surface area contributed by atoms with Crippen LogP contribution in [0.4, 0.5) is 0 Å². The van der Waals surface area contributed by atoms with Gasteiger partial charge in [-0.15, -0.1) is 6.58 Å². The molecule has 13 nitrogen and oxygen atoms in total. The van der Waals surface area contributed by atoms with Crippen molar-refractivity contribution in [2.24, 2.45) is 11.8 Å². The highest BCUT2D eigenvalue weighted by Gasteiger charge is 2.48. The van der Waals surface area contributed by atoms with Gasteiger partial charge in [-0.05, 0) is 18.6 Å². The second-order valence-electron chi connectivity index (χ2n) is 9.33. The number of aliphatic carboxylic acids is 1. The van der Waals surface area contributed by atoms with Gasteiger partial charge in [0.25, 0.3) is 0 Å². The van der Waals surface area contributed by atoms with E-state index in [-0.39, 0.29) is 30.9 Å². The molecule has 0 aromatic carbocycles. The maximum Gasteiger partial charge on any atom is 0.337 e. The summed E-state index contributed by atoms with van der Waals surface area (Å²) in [5.41, 5.74) is 0.794. The summed E-state index contributed by atoms with van der Waals surface area (Å²) < 4.78 is 27.9. The molecule has 222 valence electrons. The number of carbonyl (C=O) groups is 2. The minimum absolute atomic E-state index is 0.0344. The number of carboxylic acids is 1. The summed E-state index contributed by atoms with van der Waals surface area (Å²) in [6.45, 7) is 5.53. The monoisotopic (exact) mass is 567 g/mol. The van der Waals surface area contributed by atoms with Gasteiger partial charge in [0, 0.05) is 31.8 Å². The van der Waals surface area contributed by atoms with Gasteiger partial charge in [-0.1, -0.05) is 18.2 Å². The molecule has 1 saturated heterocycles. The Kier molecular flexibility index (Phi) is 11.5. The molecular weight excluding hydrogens is 530 g/mol. The molecule has 0 radical (unpaired) electrons. The van der Waals surface area contributed by atoms with Crippen LogP contribution >= 0.6 is 0 Å². The lowest BCUT2D eigenvalue weighted by molar-refractivity contribution is -0.344. The number of hydrogen-bond donors (Lipinski definition) is 5. The molecule has 3 aliphatic rings. The van der Waals surface area contributed by atoms with E-state index in [0.717, 1.165) is 0 Å². The van der Waals surface area contributed by atoms with Crippen LogP contribution in [0.5, 0.6) is 0 Å². The van der Waals surface area contributed by atoms with Crippen LogP contribution in [0, 0.1) is 11.8 Å². The van der Waals surface area contributed by atoms with Crippen LogP contribution < -0.4 is 0 Å². The van der Waals surface area contributed by atoms with Gasteiger partial charge < -0.3 is 54.1 Å². The van der Waals surface area contributed by atoms with Gasteiger partial charge in [-0.25, -0.2) is 9.59 Å². The van der Waals surface area contributed by atoms with E-state index in [1.54, 1.807) is 24.0 Å². The third-order valence-electron chi connectivity index (χ3n) is 6.76. The first-order chi connectivity index (χ1) is 19.2. The van der Waals surface area contributed by atoms with Crippen LogP contribution in [-0.4, -0.2) is 119 Å². The largest absolute Gasteiger partial charge is 0.478 e. The molecule has 3 rings (SSSR count). The quantitative estimate of drug-likeness (QED) is 0.149. The number of nitrogens with zero attached hydrogens (tertiary/aromatic N) is 1. The van der Waals surface area contributed by atoms with Crippen LogP contribution in [0.2, 0.25) is 0 Å². The van der Waals surface area contributed by atoms with Crippen LogP contribution in [0.15, 0.2) is 60.1 Å². The first-order valence-corrected chi connectivity index (χ1v) is 12.8. The number of rotatable bonds is 12. The maximum atomic E-state index is 12.6. The minimum Gasteiger partial charge on any atom is -0.478 e. The van der Waals surface area contributed by atoms with Crippen LogP contribution in [0.3, 0.4) is 0 Å². The number of allylic oxidation sites excluding steroid dienone is 1. The molecule has 13 heteroatoms. The van der Waals surface area contributed by atoms with Crippen molar-refractivity contribution in [3.8, 4) is 0 Å². The lowest BCUT2D eigenvalue weighted by atomic mass is 9.83. The molecule has 5 N–H and O–H groups in total. The van der Waals surface area contributed by atoms with E-state index in [1.165, 1.54) is 31.7 Å². The van der Waals surface area contributed by atoms with Crippen LogP contribution in [0.1, 0.15) is 6.92 Å². The smallest absolute Gasteiger partial charge is 0.337 e. The zero-order valence-corrected chi connectivity index (χ0v) is 22.4. The van der Waals surface area contributed by atoms with E-state index < -0.39 is 67.4 Å². The van der Waals surface area contributed by atoms with Crippen molar-refractivity contribution in [1.82, 2.24) is 4.90 Å². The number of aliphatic hydroxyl groups is 4. The van der Waals surface area contributed by atoms with E-state index in [0.29, 0.717) is 12.1 Å². The molecule has 3 aliphatic heterocycles. The van der Waals surface area contributed by atoms with Crippen molar-refractivity contribution in [3.05, 3.63) is 60.1 Å². The Morgan fingerprint density at radius 3 is 2.58 bits per heavy atom. The molecule has 0 aromatic rings. The molecule has 1 fully saturated rings. The van der Waals surface area contributed by atoms with Gasteiger partial charge in [0.2, 0.25) is 6.29 Å². The topological polar surface area (TPSA) is 185 Å². The molecule has 8 atom stereocenters. The Morgan fingerprint density at radius 2 is 1.98 bits per heavy atom. The molecule has 40 heavy (non-hydrogen) atoms. The Labute approximate surface area is 231 Å². The number of ether oxygens (including phenoxy) is 5. The molecule has 0 saturated carbocycles. The second kappa shape index (κ2) is 14.6. The lowest BCUT2D eigenvalue weighted by Crippen LogP contribution is -2.61. The average molecular weight is 568 g/mol. The molecule has 8 unspecified atom stereocenters. The highest BCUT2D eigenvalue weighted by atomic mass is 16.8.